The number of methoxy groups -OCH3 is 1. The van der Waals surface area contributed by atoms with E-state index in [2.05, 4.69) is 16.6 Å². The summed E-state index contributed by atoms with van der Waals surface area (Å²) in [7, 11) is 1.64. The average molecular weight is 238 g/mol. The predicted molar refractivity (Wildman–Crippen MR) is 69.4 cm³/mol. The van der Waals surface area contributed by atoms with Crippen LogP contribution in [0.2, 0.25) is 0 Å². The van der Waals surface area contributed by atoms with Crippen molar-refractivity contribution in [2.75, 3.05) is 18.7 Å². The Balaban J connectivity index is 1.94. The molecular formula is C12H18N2OS. The molecule has 1 heterocycles. The van der Waals surface area contributed by atoms with Crippen LogP contribution in [0.3, 0.4) is 0 Å². The maximum atomic E-state index is 5.11. The van der Waals surface area contributed by atoms with Gasteiger partial charge in [0.05, 0.1) is 7.11 Å². The third-order valence-corrected chi connectivity index (χ3v) is 4.13. The van der Waals surface area contributed by atoms with Crippen LogP contribution >= 0.6 is 11.8 Å². The molecule has 1 aliphatic rings. The molecule has 2 unspecified atom stereocenters. The molecule has 3 nitrogen and oxygen atoms in total. The van der Waals surface area contributed by atoms with Crippen LogP contribution in [-0.2, 0) is 0 Å². The normalized spacial score (nSPS) is 24.4. The van der Waals surface area contributed by atoms with Crippen molar-refractivity contribution in [2.45, 2.75) is 30.6 Å². The lowest BCUT2D eigenvalue weighted by atomic mass is 10.2. The Kier molecular flexibility index (Phi) is 3.93. The summed E-state index contributed by atoms with van der Waals surface area (Å²) in [6.07, 6.45) is 7.81. The number of hydrogen-bond acceptors (Lipinski definition) is 4. The second kappa shape index (κ2) is 5.43. The molecule has 0 aromatic carbocycles. The van der Waals surface area contributed by atoms with Gasteiger partial charge < -0.3 is 10.1 Å². The fraction of sp³-hybridized carbons (Fsp3) is 0.583. The number of nitrogens with zero attached hydrogens (tertiary/aromatic N) is 1. The molecule has 1 N–H and O–H groups in total. The van der Waals surface area contributed by atoms with Gasteiger partial charge in [-0.05, 0) is 31.6 Å². The first-order chi connectivity index (χ1) is 7.81. The lowest BCUT2D eigenvalue weighted by molar-refractivity contribution is 0.398. The van der Waals surface area contributed by atoms with E-state index in [1.54, 1.807) is 13.3 Å². The van der Waals surface area contributed by atoms with E-state index >= 15 is 0 Å². The minimum Gasteiger partial charge on any atom is -0.481 e. The van der Waals surface area contributed by atoms with Crippen LogP contribution in [0.25, 0.3) is 0 Å². The molecule has 1 aromatic rings. The summed E-state index contributed by atoms with van der Waals surface area (Å²) in [6, 6.07) is 4.55. The van der Waals surface area contributed by atoms with Gasteiger partial charge >= 0.3 is 0 Å². The number of aromatic nitrogens is 1. The Morgan fingerprint density at radius 2 is 2.38 bits per heavy atom. The molecule has 0 amide bonds. The van der Waals surface area contributed by atoms with E-state index in [0.717, 1.165) is 10.9 Å². The Morgan fingerprint density at radius 3 is 3.06 bits per heavy atom. The fourth-order valence-corrected chi connectivity index (χ4v) is 2.93. The smallest absolute Gasteiger partial charge is 0.214 e. The average Bonchev–Trinajstić information content (AvgIpc) is 2.77. The highest BCUT2D eigenvalue weighted by molar-refractivity contribution is 7.99. The number of ether oxygens (including phenoxy) is 1. The number of nitrogens with one attached hydrogen (secondary N) is 1. The maximum Gasteiger partial charge on any atom is 0.214 e. The summed E-state index contributed by atoms with van der Waals surface area (Å²) in [4.78, 5) is 4.10. The topological polar surface area (TPSA) is 34.1 Å². The van der Waals surface area contributed by atoms with Crippen LogP contribution in [0.1, 0.15) is 19.3 Å². The van der Waals surface area contributed by atoms with E-state index in [-0.39, 0.29) is 0 Å². The van der Waals surface area contributed by atoms with Crippen LogP contribution in [-0.4, -0.2) is 29.6 Å². The lowest BCUT2D eigenvalue weighted by Gasteiger charge is -2.14. The van der Waals surface area contributed by atoms with Gasteiger partial charge in [0.15, 0.2) is 0 Å². The van der Waals surface area contributed by atoms with E-state index < -0.39 is 0 Å². The number of rotatable bonds is 4. The molecule has 0 saturated heterocycles. The van der Waals surface area contributed by atoms with Crippen molar-refractivity contribution in [3.63, 3.8) is 0 Å². The van der Waals surface area contributed by atoms with Gasteiger partial charge in [-0.25, -0.2) is 4.98 Å². The zero-order valence-corrected chi connectivity index (χ0v) is 10.6. The minimum atomic E-state index is 0.601. The van der Waals surface area contributed by atoms with Gasteiger partial charge in [-0.1, -0.05) is 0 Å². The minimum absolute atomic E-state index is 0.601. The predicted octanol–water partition coefficient (Wildman–Crippen LogP) is 2.79. The molecule has 0 bridgehead atoms. The molecule has 2 atom stereocenters. The highest BCUT2D eigenvalue weighted by Crippen LogP contribution is 2.30. The van der Waals surface area contributed by atoms with Gasteiger partial charge in [0.25, 0.3) is 0 Å². The van der Waals surface area contributed by atoms with Crippen LogP contribution in [0.4, 0.5) is 5.69 Å². The molecule has 1 saturated carbocycles. The summed E-state index contributed by atoms with van der Waals surface area (Å²) < 4.78 is 5.11. The van der Waals surface area contributed by atoms with Crippen molar-refractivity contribution in [3.8, 4) is 5.88 Å². The van der Waals surface area contributed by atoms with Crippen LogP contribution < -0.4 is 10.1 Å². The molecule has 88 valence electrons. The second-order valence-electron chi connectivity index (χ2n) is 4.10. The number of pyridine rings is 1. The molecular weight excluding hydrogens is 220 g/mol. The molecule has 1 aromatic heterocycles. The van der Waals surface area contributed by atoms with E-state index in [9.17, 15) is 0 Å². The molecule has 1 aliphatic carbocycles. The third-order valence-electron chi connectivity index (χ3n) is 3.03. The van der Waals surface area contributed by atoms with Crippen LogP contribution in [0.5, 0.6) is 5.88 Å². The van der Waals surface area contributed by atoms with Crippen molar-refractivity contribution in [1.82, 2.24) is 4.98 Å². The maximum absolute atomic E-state index is 5.11. The molecule has 4 heteroatoms. The number of anilines is 1. The fourth-order valence-electron chi connectivity index (χ4n) is 2.13. The second-order valence-corrected chi connectivity index (χ2v) is 5.24. The highest BCUT2D eigenvalue weighted by atomic mass is 32.2. The van der Waals surface area contributed by atoms with Crippen molar-refractivity contribution >= 4 is 17.4 Å². The number of hydrogen-bond donors (Lipinski definition) is 1. The van der Waals surface area contributed by atoms with E-state index in [4.69, 9.17) is 4.74 Å². The zero-order valence-electron chi connectivity index (χ0n) is 9.77. The Hall–Kier alpha value is -0.900. The molecule has 0 spiro atoms. The largest absolute Gasteiger partial charge is 0.481 e. The molecule has 2 rings (SSSR count). The first-order valence-corrected chi connectivity index (χ1v) is 6.90. The van der Waals surface area contributed by atoms with Gasteiger partial charge in [-0.3, -0.25) is 0 Å². The summed E-state index contributed by atoms with van der Waals surface area (Å²) in [5.41, 5.74) is 1.11. The summed E-state index contributed by atoms with van der Waals surface area (Å²) in [6.45, 7) is 0. The first kappa shape index (κ1) is 11.6. The molecule has 1 fully saturated rings. The lowest BCUT2D eigenvalue weighted by Crippen LogP contribution is -2.15. The van der Waals surface area contributed by atoms with Gasteiger partial charge in [0.2, 0.25) is 5.88 Å². The van der Waals surface area contributed by atoms with Crippen LogP contribution in [0.15, 0.2) is 18.3 Å². The SMILES string of the molecule is COc1cc(NC2CCC(SC)C2)ccn1. The standard InChI is InChI=1S/C12H18N2OS/c1-15-12-8-10(5-6-13-12)14-9-3-4-11(7-9)16-2/h5-6,8-9,11H,3-4,7H2,1-2H3,(H,13,14). The third kappa shape index (κ3) is 2.82. The highest BCUT2D eigenvalue weighted by Gasteiger charge is 2.23. The van der Waals surface area contributed by atoms with Gasteiger partial charge in [-0.15, -0.1) is 0 Å². The first-order valence-electron chi connectivity index (χ1n) is 5.61. The number of thioether (sulfide) groups is 1. The molecule has 0 radical (unpaired) electrons. The zero-order chi connectivity index (χ0) is 11.4. The van der Waals surface area contributed by atoms with Crippen molar-refractivity contribution in [1.29, 1.82) is 0 Å². The summed E-state index contributed by atoms with van der Waals surface area (Å²) in [5, 5.41) is 4.37. The summed E-state index contributed by atoms with van der Waals surface area (Å²) in [5.74, 6) is 0.671. The Morgan fingerprint density at radius 1 is 1.50 bits per heavy atom. The van der Waals surface area contributed by atoms with E-state index in [0.29, 0.717) is 11.9 Å². The van der Waals surface area contributed by atoms with Crippen molar-refractivity contribution < 1.29 is 4.74 Å². The van der Waals surface area contributed by atoms with Gasteiger partial charge in [-0.2, -0.15) is 11.8 Å². The van der Waals surface area contributed by atoms with Crippen molar-refractivity contribution in [2.24, 2.45) is 0 Å². The van der Waals surface area contributed by atoms with E-state index in [1.807, 2.05) is 23.9 Å². The Labute approximate surface area is 101 Å². The quantitative estimate of drug-likeness (QED) is 0.874. The molecule has 16 heavy (non-hydrogen) atoms. The van der Waals surface area contributed by atoms with Crippen LogP contribution in [0, 0.1) is 0 Å². The van der Waals surface area contributed by atoms with Crippen molar-refractivity contribution in [3.05, 3.63) is 18.3 Å². The molecule has 0 aliphatic heterocycles. The van der Waals surface area contributed by atoms with Gasteiger partial charge in [0.1, 0.15) is 0 Å². The van der Waals surface area contributed by atoms with Gasteiger partial charge in [0, 0.05) is 29.2 Å². The van der Waals surface area contributed by atoms with E-state index in [1.165, 1.54) is 19.3 Å². The summed E-state index contributed by atoms with van der Waals surface area (Å²) >= 11 is 1.98. The Bertz CT molecular complexity index is 346. The monoisotopic (exact) mass is 238 g/mol.